The third-order valence-electron chi connectivity index (χ3n) is 4.45. The van der Waals surface area contributed by atoms with Gasteiger partial charge in [-0.25, -0.2) is 4.68 Å². The first-order valence-electron chi connectivity index (χ1n) is 8.41. The Bertz CT molecular complexity index is 830. The first-order valence-corrected chi connectivity index (χ1v) is 8.79. The van der Waals surface area contributed by atoms with Crippen LogP contribution in [-0.4, -0.2) is 22.7 Å². The van der Waals surface area contributed by atoms with E-state index in [9.17, 15) is 4.79 Å². The second-order valence-corrected chi connectivity index (χ2v) is 6.75. The van der Waals surface area contributed by atoms with Crippen LogP contribution < -0.4 is 4.74 Å². The van der Waals surface area contributed by atoms with Gasteiger partial charge in [0.25, 0.3) is 0 Å². The number of nitrogens with zero attached hydrogens (tertiary/aromatic N) is 2. The monoisotopic (exact) mass is 360 g/mol. The molecule has 0 fully saturated rings. The fraction of sp³-hybridized carbons (Fsp3) is 0.400. The summed E-state index contributed by atoms with van der Waals surface area (Å²) in [5, 5.41) is 4.95. The fourth-order valence-corrected chi connectivity index (χ4v) is 3.24. The Hall–Kier alpha value is -2.07. The van der Waals surface area contributed by atoms with Gasteiger partial charge in [-0.2, -0.15) is 5.10 Å². The molecule has 2 rings (SSSR count). The predicted octanol–water partition coefficient (Wildman–Crippen LogP) is 5.31. The van der Waals surface area contributed by atoms with Gasteiger partial charge in [0.1, 0.15) is 5.56 Å². The summed E-state index contributed by atoms with van der Waals surface area (Å²) in [5.74, 6) is 0.401. The van der Waals surface area contributed by atoms with Crippen molar-refractivity contribution in [3.8, 4) is 5.88 Å². The van der Waals surface area contributed by atoms with Gasteiger partial charge in [-0.15, -0.1) is 0 Å². The molecule has 0 saturated carbocycles. The first-order chi connectivity index (χ1) is 11.8. The van der Waals surface area contributed by atoms with E-state index in [1.54, 1.807) is 30.1 Å². The summed E-state index contributed by atoms with van der Waals surface area (Å²) < 4.78 is 7.16. The van der Waals surface area contributed by atoms with Crippen LogP contribution in [0.4, 0.5) is 0 Å². The molecule has 0 atom stereocenters. The number of aryl methyl sites for hydroxylation is 1. The molecule has 25 heavy (non-hydrogen) atoms. The highest BCUT2D eigenvalue weighted by Crippen LogP contribution is 2.33. The minimum atomic E-state index is -0.101. The van der Waals surface area contributed by atoms with Crippen LogP contribution in [0.15, 0.2) is 23.9 Å². The van der Waals surface area contributed by atoms with Crippen molar-refractivity contribution in [2.24, 2.45) is 0 Å². The van der Waals surface area contributed by atoms with Crippen molar-refractivity contribution in [2.45, 2.75) is 47.6 Å². The van der Waals surface area contributed by atoms with Crippen LogP contribution in [0.3, 0.4) is 0 Å². The summed E-state index contributed by atoms with van der Waals surface area (Å²) in [4.78, 5) is 13.1. The number of methoxy groups -OCH3 is 1. The van der Waals surface area contributed by atoms with Crippen molar-refractivity contribution >= 4 is 23.0 Å². The van der Waals surface area contributed by atoms with Gasteiger partial charge in [-0.1, -0.05) is 24.1 Å². The zero-order chi connectivity index (χ0) is 18.7. The number of halogens is 1. The molecule has 0 aliphatic carbocycles. The highest BCUT2D eigenvalue weighted by atomic mass is 35.5. The lowest BCUT2D eigenvalue weighted by atomic mass is 9.92. The van der Waals surface area contributed by atoms with Gasteiger partial charge < -0.3 is 4.74 Å². The highest BCUT2D eigenvalue weighted by Gasteiger charge is 2.23. The molecule has 2 aromatic rings. The number of ketones is 1. The van der Waals surface area contributed by atoms with Crippen LogP contribution >= 0.6 is 11.6 Å². The van der Waals surface area contributed by atoms with Gasteiger partial charge in [0.2, 0.25) is 5.88 Å². The standard InChI is InChI=1S/C20H25ClN2O2/c1-7-10-23-20(25-6)16(11-22-23)19(24)15-8-9-17(21)18(14(15)5)13(4)12(2)3/h8-9,11H,7,10H2,1-6H3. The van der Waals surface area contributed by atoms with Crippen molar-refractivity contribution in [3.05, 3.63) is 51.2 Å². The number of hydrogen-bond donors (Lipinski definition) is 0. The second kappa shape index (κ2) is 7.87. The molecule has 0 spiro atoms. The zero-order valence-electron chi connectivity index (χ0n) is 15.7. The van der Waals surface area contributed by atoms with E-state index < -0.39 is 0 Å². The van der Waals surface area contributed by atoms with Gasteiger partial charge in [0.15, 0.2) is 5.78 Å². The number of benzene rings is 1. The van der Waals surface area contributed by atoms with E-state index in [1.165, 1.54) is 5.57 Å². The molecule has 0 N–H and O–H groups in total. The lowest BCUT2D eigenvalue weighted by Gasteiger charge is -2.15. The average molecular weight is 361 g/mol. The van der Waals surface area contributed by atoms with E-state index in [0.29, 0.717) is 28.6 Å². The van der Waals surface area contributed by atoms with Crippen LogP contribution in [0.1, 0.15) is 61.2 Å². The average Bonchev–Trinajstić information content (AvgIpc) is 2.97. The number of allylic oxidation sites excluding steroid dienone is 2. The molecule has 1 aromatic heterocycles. The van der Waals surface area contributed by atoms with E-state index in [-0.39, 0.29) is 5.78 Å². The molecule has 1 aromatic carbocycles. The maximum absolute atomic E-state index is 13.1. The Kier molecular flexibility index (Phi) is 6.07. The Balaban J connectivity index is 2.59. The van der Waals surface area contributed by atoms with E-state index in [4.69, 9.17) is 16.3 Å². The van der Waals surface area contributed by atoms with Crippen LogP contribution in [0.2, 0.25) is 5.02 Å². The molecule has 5 heteroatoms. The second-order valence-electron chi connectivity index (χ2n) is 6.34. The van der Waals surface area contributed by atoms with Crippen molar-refractivity contribution in [1.29, 1.82) is 0 Å². The third-order valence-corrected chi connectivity index (χ3v) is 4.76. The highest BCUT2D eigenvalue weighted by molar-refractivity contribution is 6.32. The quantitative estimate of drug-likeness (QED) is 0.656. The number of carbonyl (C=O) groups excluding carboxylic acids is 1. The van der Waals surface area contributed by atoms with Gasteiger partial charge in [-0.05, 0) is 62.9 Å². The fourth-order valence-electron chi connectivity index (χ4n) is 2.90. The molecule has 0 saturated heterocycles. The van der Waals surface area contributed by atoms with Crippen molar-refractivity contribution < 1.29 is 9.53 Å². The Morgan fingerprint density at radius 3 is 2.48 bits per heavy atom. The van der Waals surface area contributed by atoms with E-state index in [0.717, 1.165) is 23.1 Å². The molecule has 0 aliphatic rings. The van der Waals surface area contributed by atoms with Crippen LogP contribution in [-0.2, 0) is 6.54 Å². The number of rotatable bonds is 6. The molecule has 0 aliphatic heterocycles. The summed E-state index contributed by atoms with van der Waals surface area (Å²) in [6.45, 7) is 10.8. The number of carbonyl (C=O) groups is 1. The van der Waals surface area contributed by atoms with Gasteiger partial charge in [0, 0.05) is 17.1 Å². The molecule has 0 radical (unpaired) electrons. The normalized spacial score (nSPS) is 10.7. The largest absolute Gasteiger partial charge is 0.481 e. The van der Waals surface area contributed by atoms with E-state index in [2.05, 4.69) is 12.0 Å². The SMILES string of the molecule is CCCn1ncc(C(=O)c2ccc(Cl)c(C(C)=C(C)C)c2C)c1OC. The summed E-state index contributed by atoms with van der Waals surface area (Å²) in [5.41, 5.74) is 5.15. The number of aromatic nitrogens is 2. The molecular weight excluding hydrogens is 336 g/mol. The van der Waals surface area contributed by atoms with Gasteiger partial charge in [0.05, 0.1) is 13.3 Å². The van der Waals surface area contributed by atoms with Crippen molar-refractivity contribution in [3.63, 3.8) is 0 Å². The summed E-state index contributed by atoms with van der Waals surface area (Å²) in [6.07, 6.45) is 2.49. The van der Waals surface area contributed by atoms with Crippen molar-refractivity contribution in [2.75, 3.05) is 7.11 Å². The summed E-state index contributed by atoms with van der Waals surface area (Å²) in [7, 11) is 1.56. The maximum atomic E-state index is 13.1. The molecular formula is C20H25ClN2O2. The zero-order valence-corrected chi connectivity index (χ0v) is 16.5. The Morgan fingerprint density at radius 2 is 1.92 bits per heavy atom. The van der Waals surface area contributed by atoms with Crippen LogP contribution in [0.25, 0.3) is 5.57 Å². The van der Waals surface area contributed by atoms with Gasteiger partial charge >= 0.3 is 0 Å². The molecule has 0 amide bonds. The van der Waals surface area contributed by atoms with E-state index in [1.807, 2.05) is 27.7 Å². The number of hydrogen-bond acceptors (Lipinski definition) is 3. The Labute approximate surface area is 154 Å². The van der Waals surface area contributed by atoms with Crippen molar-refractivity contribution in [1.82, 2.24) is 9.78 Å². The summed E-state index contributed by atoms with van der Waals surface area (Å²) in [6, 6.07) is 3.56. The minimum Gasteiger partial charge on any atom is -0.481 e. The third kappa shape index (κ3) is 3.64. The Morgan fingerprint density at radius 1 is 1.24 bits per heavy atom. The molecule has 0 bridgehead atoms. The smallest absolute Gasteiger partial charge is 0.223 e. The summed E-state index contributed by atoms with van der Waals surface area (Å²) >= 11 is 6.41. The van der Waals surface area contributed by atoms with Gasteiger partial charge in [-0.3, -0.25) is 4.79 Å². The topological polar surface area (TPSA) is 44.1 Å². The van der Waals surface area contributed by atoms with Crippen LogP contribution in [0.5, 0.6) is 5.88 Å². The van der Waals surface area contributed by atoms with Crippen LogP contribution in [0, 0.1) is 6.92 Å². The molecule has 0 unspecified atom stereocenters. The lowest BCUT2D eigenvalue weighted by Crippen LogP contribution is -2.08. The number of ether oxygens (including phenoxy) is 1. The molecule has 4 nitrogen and oxygen atoms in total. The van der Waals surface area contributed by atoms with E-state index >= 15 is 0 Å². The first kappa shape index (κ1) is 19.3. The molecule has 134 valence electrons. The predicted molar refractivity (Wildman–Crippen MR) is 103 cm³/mol. The lowest BCUT2D eigenvalue weighted by molar-refractivity contribution is 0.103. The maximum Gasteiger partial charge on any atom is 0.223 e. The minimum absolute atomic E-state index is 0.101. The molecule has 1 heterocycles.